The van der Waals surface area contributed by atoms with Crippen molar-refractivity contribution in [3.63, 3.8) is 0 Å². The van der Waals surface area contributed by atoms with E-state index in [0.717, 1.165) is 11.3 Å². The van der Waals surface area contributed by atoms with Gasteiger partial charge in [-0.1, -0.05) is 25.0 Å². The van der Waals surface area contributed by atoms with Crippen LogP contribution in [0.1, 0.15) is 74.8 Å². The highest BCUT2D eigenvalue weighted by Crippen LogP contribution is 2.40. The standard InChI is InChI=1S/C19H26O3/c20-19(21)12-10-14-9-11-18(22-16-7-3-4-8-16)17(13-14)15-5-1-2-6-15/h9,11,13,15-16H,1-8,10,12H2,(H,20,21). The molecule has 0 heterocycles. The third-order valence-corrected chi connectivity index (χ3v) is 5.09. The molecule has 0 amide bonds. The molecule has 3 rings (SSSR count). The number of ether oxygens (including phenoxy) is 1. The van der Waals surface area contributed by atoms with Crippen molar-refractivity contribution in [1.82, 2.24) is 0 Å². The van der Waals surface area contributed by atoms with E-state index in [1.54, 1.807) is 0 Å². The molecule has 2 aliphatic rings. The van der Waals surface area contributed by atoms with E-state index in [1.165, 1.54) is 56.9 Å². The third-order valence-electron chi connectivity index (χ3n) is 5.09. The molecule has 1 aromatic carbocycles. The Hall–Kier alpha value is -1.51. The smallest absolute Gasteiger partial charge is 0.303 e. The molecule has 22 heavy (non-hydrogen) atoms. The average Bonchev–Trinajstić information content (AvgIpc) is 3.19. The molecule has 3 nitrogen and oxygen atoms in total. The van der Waals surface area contributed by atoms with E-state index in [4.69, 9.17) is 9.84 Å². The van der Waals surface area contributed by atoms with Crippen molar-refractivity contribution < 1.29 is 14.6 Å². The van der Waals surface area contributed by atoms with Crippen molar-refractivity contribution in [2.24, 2.45) is 0 Å². The summed E-state index contributed by atoms with van der Waals surface area (Å²) in [6.45, 7) is 0. The summed E-state index contributed by atoms with van der Waals surface area (Å²) in [5, 5.41) is 8.88. The van der Waals surface area contributed by atoms with Crippen molar-refractivity contribution >= 4 is 5.97 Å². The second-order valence-corrected chi connectivity index (χ2v) is 6.77. The molecule has 0 aromatic heterocycles. The van der Waals surface area contributed by atoms with Crippen LogP contribution in [-0.2, 0) is 11.2 Å². The molecular formula is C19H26O3. The lowest BCUT2D eigenvalue weighted by atomic mass is 9.93. The maximum Gasteiger partial charge on any atom is 0.303 e. The number of rotatable bonds is 6. The van der Waals surface area contributed by atoms with Gasteiger partial charge in [-0.3, -0.25) is 4.79 Å². The topological polar surface area (TPSA) is 46.5 Å². The fourth-order valence-corrected chi connectivity index (χ4v) is 3.85. The Labute approximate surface area is 132 Å². The molecule has 2 fully saturated rings. The second-order valence-electron chi connectivity index (χ2n) is 6.77. The molecule has 0 atom stereocenters. The Balaban J connectivity index is 1.78. The van der Waals surface area contributed by atoms with Crippen molar-refractivity contribution in [3.05, 3.63) is 29.3 Å². The van der Waals surface area contributed by atoms with Gasteiger partial charge in [-0.05, 0) is 68.1 Å². The van der Waals surface area contributed by atoms with Crippen LogP contribution >= 0.6 is 0 Å². The number of carboxylic acid groups (broad SMARTS) is 1. The van der Waals surface area contributed by atoms with Gasteiger partial charge in [-0.15, -0.1) is 0 Å². The van der Waals surface area contributed by atoms with Crippen LogP contribution in [-0.4, -0.2) is 17.2 Å². The van der Waals surface area contributed by atoms with Gasteiger partial charge in [0.15, 0.2) is 0 Å². The first-order valence-corrected chi connectivity index (χ1v) is 8.73. The largest absolute Gasteiger partial charge is 0.490 e. The summed E-state index contributed by atoms with van der Waals surface area (Å²) < 4.78 is 6.28. The van der Waals surface area contributed by atoms with Crippen LogP contribution in [0.15, 0.2) is 18.2 Å². The summed E-state index contributed by atoms with van der Waals surface area (Å²) in [6, 6.07) is 6.35. The number of benzene rings is 1. The lowest BCUT2D eigenvalue weighted by molar-refractivity contribution is -0.136. The van der Waals surface area contributed by atoms with E-state index in [-0.39, 0.29) is 6.42 Å². The van der Waals surface area contributed by atoms with Gasteiger partial charge < -0.3 is 9.84 Å². The Bertz CT molecular complexity index is 511. The van der Waals surface area contributed by atoms with Gasteiger partial charge in [-0.25, -0.2) is 0 Å². The molecule has 2 aliphatic carbocycles. The molecular weight excluding hydrogens is 276 g/mol. The van der Waals surface area contributed by atoms with Crippen LogP contribution in [0.3, 0.4) is 0 Å². The number of aliphatic carboxylic acids is 1. The van der Waals surface area contributed by atoms with E-state index >= 15 is 0 Å². The highest BCUT2D eigenvalue weighted by Gasteiger charge is 2.24. The van der Waals surface area contributed by atoms with Crippen molar-refractivity contribution in [1.29, 1.82) is 0 Å². The minimum absolute atomic E-state index is 0.201. The zero-order valence-electron chi connectivity index (χ0n) is 13.2. The minimum Gasteiger partial charge on any atom is -0.490 e. The van der Waals surface area contributed by atoms with Crippen molar-refractivity contribution in [3.8, 4) is 5.75 Å². The van der Waals surface area contributed by atoms with Crippen LogP contribution in [0, 0.1) is 0 Å². The van der Waals surface area contributed by atoms with E-state index in [2.05, 4.69) is 12.1 Å². The summed E-state index contributed by atoms with van der Waals surface area (Å²) in [4.78, 5) is 10.8. The quantitative estimate of drug-likeness (QED) is 0.829. The highest BCUT2D eigenvalue weighted by atomic mass is 16.5. The SMILES string of the molecule is O=C(O)CCc1ccc(OC2CCCC2)c(C2CCCC2)c1. The molecule has 0 spiro atoms. The predicted octanol–water partition coefficient (Wildman–Crippen LogP) is 4.68. The first-order chi connectivity index (χ1) is 10.7. The van der Waals surface area contributed by atoms with Crippen LogP contribution < -0.4 is 4.74 Å². The molecule has 1 N–H and O–H groups in total. The summed E-state index contributed by atoms with van der Waals surface area (Å²) in [5.74, 6) is 0.924. The first kappa shape index (κ1) is 15.4. The lowest BCUT2D eigenvalue weighted by Gasteiger charge is -2.20. The monoisotopic (exact) mass is 302 g/mol. The molecule has 0 radical (unpaired) electrons. The van der Waals surface area contributed by atoms with Crippen LogP contribution in [0.25, 0.3) is 0 Å². The first-order valence-electron chi connectivity index (χ1n) is 8.73. The molecule has 2 saturated carbocycles. The summed E-state index contributed by atoms with van der Waals surface area (Å²) in [5.41, 5.74) is 2.45. The zero-order valence-corrected chi connectivity index (χ0v) is 13.2. The molecule has 0 unspecified atom stereocenters. The van der Waals surface area contributed by atoms with Crippen LogP contribution in [0.4, 0.5) is 0 Å². The van der Waals surface area contributed by atoms with E-state index < -0.39 is 5.97 Å². The third kappa shape index (κ3) is 3.82. The van der Waals surface area contributed by atoms with Gasteiger partial charge in [0.2, 0.25) is 0 Å². The van der Waals surface area contributed by atoms with Crippen LogP contribution in [0.5, 0.6) is 5.75 Å². The number of hydrogen-bond acceptors (Lipinski definition) is 2. The number of carboxylic acids is 1. The lowest BCUT2D eigenvalue weighted by Crippen LogP contribution is -2.13. The van der Waals surface area contributed by atoms with Crippen LogP contribution in [0.2, 0.25) is 0 Å². The molecule has 120 valence electrons. The minimum atomic E-state index is -0.728. The number of hydrogen-bond donors (Lipinski definition) is 1. The normalized spacial score (nSPS) is 19.6. The molecule has 0 saturated heterocycles. The van der Waals surface area contributed by atoms with Gasteiger partial charge in [-0.2, -0.15) is 0 Å². The fourth-order valence-electron chi connectivity index (χ4n) is 3.85. The second kappa shape index (κ2) is 7.17. The van der Waals surface area contributed by atoms with Gasteiger partial charge in [0.05, 0.1) is 6.10 Å². The fraction of sp³-hybridized carbons (Fsp3) is 0.632. The van der Waals surface area contributed by atoms with Crippen molar-refractivity contribution in [2.45, 2.75) is 76.2 Å². The molecule has 0 aliphatic heterocycles. The molecule has 3 heteroatoms. The molecule has 1 aromatic rings. The maximum atomic E-state index is 10.8. The number of aryl methyl sites for hydroxylation is 1. The number of carbonyl (C=O) groups is 1. The summed E-state index contributed by atoms with van der Waals surface area (Å²) in [6.07, 6.45) is 11.2. The highest BCUT2D eigenvalue weighted by molar-refractivity contribution is 5.67. The van der Waals surface area contributed by atoms with Gasteiger partial charge in [0.1, 0.15) is 5.75 Å². The Morgan fingerprint density at radius 1 is 1.09 bits per heavy atom. The van der Waals surface area contributed by atoms with E-state index in [0.29, 0.717) is 18.4 Å². The van der Waals surface area contributed by atoms with Gasteiger partial charge >= 0.3 is 5.97 Å². The maximum absolute atomic E-state index is 10.8. The van der Waals surface area contributed by atoms with E-state index in [1.807, 2.05) is 6.07 Å². The van der Waals surface area contributed by atoms with E-state index in [9.17, 15) is 4.79 Å². The summed E-state index contributed by atoms with van der Waals surface area (Å²) in [7, 11) is 0. The molecule has 0 bridgehead atoms. The summed E-state index contributed by atoms with van der Waals surface area (Å²) >= 11 is 0. The Morgan fingerprint density at radius 3 is 2.45 bits per heavy atom. The predicted molar refractivity (Wildman–Crippen MR) is 86.5 cm³/mol. The van der Waals surface area contributed by atoms with Gasteiger partial charge in [0.25, 0.3) is 0 Å². The Kier molecular flexibility index (Phi) is 5.01. The average molecular weight is 302 g/mol. The van der Waals surface area contributed by atoms with Gasteiger partial charge in [0, 0.05) is 6.42 Å². The van der Waals surface area contributed by atoms with Crippen molar-refractivity contribution in [2.75, 3.05) is 0 Å². The Morgan fingerprint density at radius 2 is 1.77 bits per heavy atom. The zero-order chi connectivity index (χ0) is 15.4.